The molecule has 1 atom stereocenters. The van der Waals surface area contributed by atoms with E-state index < -0.39 is 0 Å². The van der Waals surface area contributed by atoms with Crippen LogP contribution in [0, 0.1) is 5.92 Å². The van der Waals surface area contributed by atoms with Crippen molar-refractivity contribution < 1.29 is 4.18 Å². The maximum absolute atomic E-state index is 5.39. The molecule has 1 aromatic carbocycles. The molecule has 1 aliphatic carbocycles. The lowest BCUT2D eigenvalue weighted by Crippen LogP contribution is -2.17. The summed E-state index contributed by atoms with van der Waals surface area (Å²) in [6.45, 7) is 0.891. The van der Waals surface area contributed by atoms with Crippen LogP contribution in [0.3, 0.4) is 0 Å². The predicted octanol–water partition coefficient (Wildman–Crippen LogP) is 3.81. The summed E-state index contributed by atoms with van der Waals surface area (Å²) in [4.78, 5) is 0. The number of fused-ring (bicyclic) bond motifs is 1. The highest BCUT2D eigenvalue weighted by molar-refractivity contribution is 14.2. The topological polar surface area (TPSA) is 9.23 Å². The first-order chi connectivity index (χ1) is 6.90. The number of aryl methyl sites for hydroxylation is 1. The van der Waals surface area contributed by atoms with Gasteiger partial charge in [0.1, 0.15) is 0 Å². The first-order valence-electron chi connectivity index (χ1n) is 4.87. The van der Waals surface area contributed by atoms with Gasteiger partial charge in [-0.25, -0.2) is 0 Å². The summed E-state index contributed by atoms with van der Waals surface area (Å²) in [6, 6.07) is 8.77. The van der Waals surface area contributed by atoms with Gasteiger partial charge in [0, 0.05) is 21.2 Å². The fourth-order valence-corrected chi connectivity index (χ4v) is 2.72. The molecule has 0 aliphatic heterocycles. The molecule has 2 rings (SSSR count). The van der Waals surface area contributed by atoms with Gasteiger partial charge in [-0.05, 0) is 36.3 Å². The molecule has 1 nitrogen and oxygen atoms in total. The molecule has 0 bridgehead atoms. The second-order valence-corrected chi connectivity index (χ2v) is 5.17. The number of benzene rings is 1. The zero-order valence-electron chi connectivity index (χ0n) is 7.91. The van der Waals surface area contributed by atoms with Gasteiger partial charge >= 0.3 is 0 Å². The second kappa shape index (κ2) is 5.37. The van der Waals surface area contributed by atoms with E-state index in [0.29, 0.717) is 5.92 Å². The zero-order valence-corrected chi connectivity index (χ0v) is 10.9. The minimum absolute atomic E-state index is 0.715. The highest BCUT2D eigenvalue weighted by Crippen LogP contribution is 2.27. The maximum Gasteiger partial charge on any atom is 0.0654 e. The third-order valence-corrected chi connectivity index (χ3v) is 3.79. The summed E-state index contributed by atoms with van der Waals surface area (Å²) < 4.78 is 5.39. The molecule has 14 heavy (non-hydrogen) atoms. The van der Waals surface area contributed by atoms with Crippen molar-refractivity contribution in [3.05, 3.63) is 35.4 Å². The molecule has 0 N–H and O–H groups in total. The molecule has 3 heteroatoms. The highest BCUT2D eigenvalue weighted by Gasteiger charge is 2.18. The Balaban J connectivity index is 1.99. The number of halogens is 1. The summed E-state index contributed by atoms with van der Waals surface area (Å²) in [5.41, 5.74) is 3.05. The Hall–Kier alpha value is 0.260. The minimum atomic E-state index is 0.715. The lowest BCUT2D eigenvalue weighted by atomic mass is 9.84. The monoisotopic (exact) mass is 320 g/mol. The van der Waals surface area contributed by atoms with Gasteiger partial charge in [-0.2, -0.15) is 0 Å². The van der Waals surface area contributed by atoms with Crippen molar-refractivity contribution in [2.24, 2.45) is 5.92 Å². The van der Waals surface area contributed by atoms with Crippen LogP contribution in [0.2, 0.25) is 0 Å². The normalized spacial score (nSPS) is 20.5. The molecular weight excluding hydrogens is 307 g/mol. The smallest absolute Gasteiger partial charge is 0.0654 e. The van der Waals surface area contributed by atoms with E-state index in [4.69, 9.17) is 4.18 Å². The molecular formula is C11H13IOS. The summed E-state index contributed by atoms with van der Waals surface area (Å²) in [5, 5.41) is 0. The quantitative estimate of drug-likeness (QED) is 0.619. The average molecular weight is 320 g/mol. The van der Waals surface area contributed by atoms with Crippen LogP contribution in [0.4, 0.5) is 0 Å². The Morgan fingerprint density at radius 1 is 1.36 bits per heavy atom. The van der Waals surface area contributed by atoms with Gasteiger partial charge in [0.2, 0.25) is 0 Å². The van der Waals surface area contributed by atoms with Crippen molar-refractivity contribution in [2.45, 2.75) is 19.3 Å². The lowest BCUT2D eigenvalue weighted by Gasteiger charge is -2.23. The SMILES string of the molecule is ISOCC1CCc2ccccc2C1. The Morgan fingerprint density at radius 2 is 2.14 bits per heavy atom. The van der Waals surface area contributed by atoms with Crippen LogP contribution in [0.15, 0.2) is 24.3 Å². The van der Waals surface area contributed by atoms with Gasteiger partial charge < -0.3 is 4.18 Å². The van der Waals surface area contributed by atoms with Crippen molar-refractivity contribution in [2.75, 3.05) is 6.61 Å². The van der Waals surface area contributed by atoms with Gasteiger partial charge in [-0.1, -0.05) is 24.3 Å². The van der Waals surface area contributed by atoms with Crippen LogP contribution in [0.5, 0.6) is 0 Å². The van der Waals surface area contributed by atoms with Crippen LogP contribution in [-0.4, -0.2) is 6.61 Å². The number of hydrogen-bond acceptors (Lipinski definition) is 2. The summed E-state index contributed by atoms with van der Waals surface area (Å²) in [5.74, 6) is 0.715. The standard InChI is InChI=1S/C11H13IOS/c12-14-13-8-9-5-6-10-3-1-2-4-11(10)7-9/h1-4,9H,5-8H2. The molecule has 1 aliphatic rings. The largest absolute Gasteiger partial charge is 0.305 e. The molecule has 0 heterocycles. The van der Waals surface area contributed by atoms with Crippen molar-refractivity contribution in [3.63, 3.8) is 0 Å². The maximum atomic E-state index is 5.39. The van der Waals surface area contributed by atoms with Gasteiger partial charge in [-0.15, -0.1) is 0 Å². The fraction of sp³-hybridized carbons (Fsp3) is 0.455. The molecule has 0 saturated carbocycles. The van der Waals surface area contributed by atoms with Gasteiger partial charge in [0.05, 0.1) is 15.8 Å². The Bertz CT molecular complexity index is 303. The first kappa shape index (κ1) is 10.8. The predicted molar refractivity (Wildman–Crippen MR) is 69.5 cm³/mol. The Morgan fingerprint density at radius 3 is 2.93 bits per heavy atom. The molecule has 1 aromatic rings. The fourth-order valence-electron chi connectivity index (χ4n) is 2.04. The summed E-state index contributed by atoms with van der Waals surface area (Å²) >= 11 is 2.18. The van der Waals surface area contributed by atoms with E-state index in [1.165, 1.54) is 39.6 Å². The zero-order chi connectivity index (χ0) is 9.80. The molecule has 0 saturated heterocycles. The molecule has 76 valence electrons. The van der Waals surface area contributed by atoms with E-state index >= 15 is 0 Å². The number of rotatable bonds is 3. The van der Waals surface area contributed by atoms with E-state index in [0.717, 1.165) is 6.61 Å². The average Bonchev–Trinajstić information content (AvgIpc) is 2.26. The van der Waals surface area contributed by atoms with E-state index in [9.17, 15) is 0 Å². The van der Waals surface area contributed by atoms with Crippen LogP contribution < -0.4 is 0 Å². The van der Waals surface area contributed by atoms with Crippen LogP contribution in [0.1, 0.15) is 17.5 Å². The van der Waals surface area contributed by atoms with E-state index in [2.05, 4.69) is 45.5 Å². The first-order valence-corrected chi connectivity index (χ1v) is 8.15. The van der Waals surface area contributed by atoms with Crippen molar-refractivity contribution in [1.82, 2.24) is 0 Å². The molecule has 0 fully saturated rings. The van der Waals surface area contributed by atoms with Crippen LogP contribution in [0.25, 0.3) is 0 Å². The van der Waals surface area contributed by atoms with Crippen LogP contribution >= 0.6 is 30.4 Å². The lowest BCUT2D eigenvalue weighted by molar-refractivity contribution is 0.272. The van der Waals surface area contributed by atoms with Crippen molar-refractivity contribution in [3.8, 4) is 0 Å². The van der Waals surface area contributed by atoms with Gasteiger partial charge in [-0.3, -0.25) is 0 Å². The number of hydrogen-bond donors (Lipinski definition) is 0. The Labute approximate surface area is 101 Å². The molecule has 0 aromatic heterocycles. The van der Waals surface area contributed by atoms with Gasteiger partial charge in [0.25, 0.3) is 0 Å². The Kier molecular flexibility index (Phi) is 4.13. The summed E-state index contributed by atoms with van der Waals surface area (Å²) in [7, 11) is 1.45. The molecule has 1 unspecified atom stereocenters. The van der Waals surface area contributed by atoms with E-state index in [1.807, 2.05) is 0 Å². The van der Waals surface area contributed by atoms with Crippen molar-refractivity contribution in [1.29, 1.82) is 0 Å². The van der Waals surface area contributed by atoms with E-state index in [-0.39, 0.29) is 0 Å². The summed E-state index contributed by atoms with van der Waals surface area (Å²) in [6.07, 6.45) is 3.68. The third kappa shape index (κ3) is 2.64. The third-order valence-electron chi connectivity index (χ3n) is 2.80. The second-order valence-electron chi connectivity index (χ2n) is 3.73. The molecule has 0 radical (unpaired) electrons. The molecule has 0 amide bonds. The highest BCUT2D eigenvalue weighted by atomic mass is 127. The van der Waals surface area contributed by atoms with Gasteiger partial charge in [0.15, 0.2) is 0 Å². The van der Waals surface area contributed by atoms with Crippen LogP contribution in [-0.2, 0) is 17.0 Å². The minimum Gasteiger partial charge on any atom is -0.305 e. The van der Waals surface area contributed by atoms with Crippen molar-refractivity contribution >= 4 is 30.4 Å². The molecule has 0 spiro atoms. The van der Waals surface area contributed by atoms with E-state index in [1.54, 1.807) is 0 Å².